The summed E-state index contributed by atoms with van der Waals surface area (Å²) in [5.74, 6) is 3.39. The Morgan fingerprint density at radius 3 is 2.76 bits per heavy atom. The second-order valence-electron chi connectivity index (χ2n) is 7.19. The van der Waals surface area contributed by atoms with Crippen LogP contribution in [0.3, 0.4) is 0 Å². The highest BCUT2D eigenvalue weighted by Crippen LogP contribution is 2.35. The van der Waals surface area contributed by atoms with Crippen LogP contribution in [0.1, 0.15) is 19.3 Å². The van der Waals surface area contributed by atoms with Crippen LogP contribution in [0.15, 0.2) is 30.3 Å². The monoisotopic (exact) mass is 362 g/mol. The topological polar surface area (TPSA) is 42.0 Å². The van der Waals surface area contributed by atoms with Gasteiger partial charge >= 0.3 is 6.09 Å². The summed E-state index contributed by atoms with van der Waals surface area (Å²) >= 11 is 2.06. The van der Waals surface area contributed by atoms with Gasteiger partial charge in [-0.3, -0.25) is 4.90 Å². The third-order valence-corrected chi connectivity index (χ3v) is 6.69. The van der Waals surface area contributed by atoms with Crippen molar-refractivity contribution in [3.8, 4) is 5.75 Å². The molecule has 5 nitrogen and oxygen atoms in total. The molecule has 0 saturated carbocycles. The van der Waals surface area contributed by atoms with Gasteiger partial charge in [-0.05, 0) is 24.3 Å². The number of carbonyl (C=O) groups is 1. The molecule has 0 aromatic heterocycles. The van der Waals surface area contributed by atoms with Gasteiger partial charge in [-0.25, -0.2) is 4.79 Å². The van der Waals surface area contributed by atoms with E-state index in [0.717, 1.165) is 37.7 Å². The first kappa shape index (κ1) is 17.0. The maximum atomic E-state index is 12.3. The Hall–Kier alpha value is -1.40. The van der Waals surface area contributed by atoms with E-state index in [0.29, 0.717) is 19.7 Å². The standard InChI is InChI=1S/C19H26N2O3S/c22-18-21(11-12-23-17-4-2-1-3-5-17)15-19(24-18)7-9-20(10-8-19)16-6-13-25-14-16/h1-5,16H,6-15H2. The van der Waals surface area contributed by atoms with Crippen molar-refractivity contribution in [3.05, 3.63) is 30.3 Å². The Bertz CT molecular complexity index is 584. The summed E-state index contributed by atoms with van der Waals surface area (Å²) in [6, 6.07) is 10.5. The van der Waals surface area contributed by atoms with Gasteiger partial charge in [0.05, 0.1) is 13.1 Å². The molecule has 1 amide bonds. The van der Waals surface area contributed by atoms with E-state index in [4.69, 9.17) is 9.47 Å². The highest BCUT2D eigenvalue weighted by Gasteiger charge is 2.47. The quantitative estimate of drug-likeness (QED) is 0.806. The molecule has 6 heteroatoms. The first-order valence-corrected chi connectivity index (χ1v) is 10.4. The second kappa shape index (κ2) is 7.46. The summed E-state index contributed by atoms with van der Waals surface area (Å²) in [6.07, 6.45) is 3.04. The van der Waals surface area contributed by atoms with Gasteiger partial charge in [-0.2, -0.15) is 11.8 Å². The number of benzene rings is 1. The number of hydrogen-bond donors (Lipinski definition) is 0. The molecule has 0 aliphatic carbocycles. The average Bonchev–Trinajstić information content (AvgIpc) is 3.26. The van der Waals surface area contributed by atoms with Gasteiger partial charge in [-0.15, -0.1) is 0 Å². The number of ether oxygens (including phenoxy) is 2. The predicted octanol–water partition coefficient (Wildman–Crippen LogP) is 2.86. The summed E-state index contributed by atoms with van der Waals surface area (Å²) in [7, 11) is 0. The minimum absolute atomic E-state index is 0.179. The molecule has 3 aliphatic heterocycles. The van der Waals surface area contributed by atoms with E-state index in [1.165, 1.54) is 17.9 Å². The van der Waals surface area contributed by atoms with Crippen LogP contribution in [0.5, 0.6) is 5.75 Å². The fourth-order valence-corrected chi connectivity index (χ4v) is 5.28. The van der Waals surface area contributed by atoms with Crippen LogP contribution in [0, 0.1) is 0 Å². The molecule has 1 spiro atoms. The third kappa shape index (κ3) is 3.90. The largest absolute Gasteiger partial charge is 0.492 e. The van der Waals surface area contributed by atoms with Crippen molar-refractivity contribution in [2.45, 2.75) is 30.9 Å². The van der Waals surface area contributed by atoms with Crippen molar-refractivity contribution < 1.29 is 14.3 Å². The minimum Gasteiger partial charge on any atom is -0.492 e. The second-order valence-corrected chi connectivity index (χ2v) is 8.34. The molecule has 3 heterocycles. The van der Waals surface area contributed by atoms with Crippen LogP contribution in [-0.4, -0.2) is 71.8 Å². The van der Waals surface area contributed by atoms with E-state index >= 15 is 0 Å². The highest BCUT2D eigenvalue weighted by molar-refractivity contribution is 7.99. The average molecular weight is 362 g/mol. The number of amides is 1. The molecule has 0 radical (unpaired) electrons. The van der Waals surface area contributed by atoms with Crippen LogP contribution in [0.2, 0.25) is 0 Å². The number of piperidine rings is 1. The van der Waals surface area contributed by atoms with Crippen molar-refractivity contribution in [1.82, 2.24) is 9.80 Å². The van der Waals surface area contributed by atoms with Crippen LogP contribution >= 0.6 is 11.8 Å². The maximum absolute atomic E-state index is 12.3. The van der Waals surface area contributed by atoms with Gasteiger partial charge in [0.2, 0.25) is 0 Å². The van der Waals surface area contributed by atoms with E-state index in [1.54, 1.807) is 0 Å². The summed E-state index contributed by atoms with van der Waals surface area (Å²) < 4.78 is 11.5. The molecule has 136 valence electrons. The van der Waals surface area contributed by atoms with Gasteiger partial charge in [0, 0.05) is 37.7 Å². The molecule has 0 bridgehead atoms. The Labute approximate surface area is 153 Å². The normalized spacial score (nSPS) is 26.2. The summed E-state index contributed by atoms with van der Waals surface area (Å²) in [5.41, 5.74) is -0.272. The minimum atomic E-state index is -0.272. The first-order chi connectivity index (χ1) is 12.2. The molecule has 25 heavy (non-hydrogen) atoms. The van der Waals surface area contributed by atoms with E-state index in [1.807, 2.05) is 35.2 Å². The zero-order valence-electron chi connectivity index (χ0n) is 14.6. The molecule has 4 rings (SSSR count). The third-order valence-electron chi connectivity index (χ3n) is 5.55. The van der Waals surface area contributed by atoms with Gasteiger partial charge in [0.1, 0.15) is 18.0 Å². The molecular weight excluding hydrogens is 336 g/mol. The molecular formula is C19H26N2O3S. The Balaban J connectivity index is 1.25. The molecule has 1 atom stereocenters. The SMILES string of the molecule is O=C1OC2(CCN(C3CCSC3)CC2)CN1CCOc1ccccc1. The number of likely N-dealkylation sites (tertiary alicyclic amines) is 1. The number of para-hydroxylation sites is 1. The predicted molar refractivity (Wildman–Crippen MR) is 99.3 cm³/mol. The zero-order chi connectivity index (χ0) is 17.1. The summed E-state index contributed by atoms with van der Waals surface area (Å²) in [4.78, 5) is 16.7. The fraction of sp³-hybridized carbons (Fsp3) is 0.632. The summed E-state index contributed by atoms with van der Waals surface area (Å²) in [5, 5.41) is 0. The fourth-order valence-electron chi connectivity index (χ4n) is 4.02. The Morgan fingerprint density at radius 1 is 1.24 bits per heavy atom. The molecule has 3 fully saturated rings. The molecule has 1 aromatic rings. The molecule has 3 saturated heterocycles. The number of hydrogen-bond acceptors (Lipinski definition) is 5. The van der Waals surface area contributed by atoms with Crippen molar-refractivity contribution in [2.75, 3.05) is 44.3 Å². The number of carbonyl (C=O) groups excluding carboxylic acids is 1. The van der Waals surface area contributed by atoms with Crippen molar-refractivity contribution >= 4 is 17.9 Å². The lowest BCUT2D eigenvalue weighted by Crippen LogP contribution is -2.50. The summed E-state index contributed by atoms with van der Waals surface area (Å²) in [6.45, 7) is 3.88. The Kier molecular flexibility index (Phi) is 5.08. The van der Waals surface area contributed by atoms with Crippen LogP contribution in [0.4, 0.5) is 4.79 Å². The van der Waals surface area contributed by atoms with E-state index < -0.39 is 0 Å². The number of nitrogens with zero attached hydrogens (tertiary/aromatic N) is 2. The van der Waals surface area contributed by atoms with Crippen molar-refractivity contribution in [2.24, 2.45) is 0 Å². The van der Waals surface area contributed by atoms with E-state index in [-0.39, 0.29) is 11.7 Å². The lowest BCUT2D eigenvalue weighted by Gasteiger charge is -2.40. The smallest absolute Gasteiger partial charge is 0.410 e. The first-order valence-electron chi connectivity index (χ1n) is 9.22. The van der Waals surface area contributed by atoms with Crippen LogP contribution in [-0.2, 0) is 4.74 Å². The number of rotatable bonds is 5. The number of thioether (sulfide) groups is 1. The van der Waals surface area contributed by atoms with E-state index in [2.05, 4.69) is 16.7 Å². The molecule has 1 unspecified atom stereocenters. The van der Waals surface area contributed by atoms with Gasteiger partial charge < -0.3 is 14.4 Å². The van der Waals surface area contributed by atoms with Crippen molar-refractivity contribution in [3.63, 3.8) is 0 Å². The van der Waals surface area contributed by atoms with Gasteiger partial charge in [-0.1, -0.05) is 18.2 Å². The van der Waals surface area contributed by atoms with Gasteiger partial charge in [0.25, 0.3) is 0 Å². The Morgan fingerprint density at radius 2 is 2.04 bits per heavy atom. The maximum Gasteiger partial charge on any atom is 0.410 e. The zero-order valence-corrected chi connectivity index (χ0v) is 15.4. The molecule has 1 aromatic carbocycles. The van der Waals surface area contributed by atoms with Crippen LogP contribution < -0.4 is 4.74 Å². The molecule has 0 N–H and O–H groups in total. The highest BCUT2D eigenvalue weighted by atomic mass is 32.2. The van der Waals surface area contributed by atoms with Crippen LogP contribution in [0.25, 0.3) is 0 Å². The lowest BCUT2D eigenvalue weighted by molar-refractivity contribution is -0.00743. The van der Waals surface area contributed by atoms with E-state index in [9.17, 15) is 4.79 Å². The lowest BCUT2D eigenvalue weighted by atomic mass is 9.90. The molecule has 3 aliphatic rings. The van der Waals surface area contributed by atoms with Gasteiger partial charge in [0.15, 0.2) is 0 Å². The van der Waals surface area contributed by atoms with Crippen molar-refractivity contribution in [1.29, 1.82) is 0 Å².